The van der Waals surface area contributed by atoms with Gasteiger partial charge in [0.2, 0.25) is 5.77 Å². The van der Waals surface area contributed by atoms with E-state index in [1.807, 2.05) is 6.92 Å². The first-order chi connectivity index (χ1) is 4.52. The molecule has 0 rings (SSSR count). The molecule has 0 saturated heterocycles. The van der Waals surface area contributed by atoms with Crippen LogP contribution < -0.4 is 5.09 Å². The van der Waals surface area contributed by atoms with Gasteiger partial charge in [0, 0.05) is 13.2 Å². The highest BCUT2D eigenvalue weighted by Crippen LogP contribution is 2.47. The van der Waals surface area contributed by atoms with Crippen LogP contribution in [0.25, 0.3) is 0 Å². The number of halogens is 1. The van der Waals surface area contributed by atoms with Crippen LogP contribution in [-0.4, -0.2) is 13.2 Å². The number of hydrogen-bond donors (Lipinski definition) is 1. The summed E-state index contributed by atoms with van der Waals surface area (Å²) in [5.41, 5.74) is 0. The molecule has 0 aliphatic carbocycles. The summed E-state index contributed by atoms with van der Waals surface area (Å²) in [6.07, 6.45) is 1.01. The Hall–Kier alpha value is 0.860. The monoisotopic (exact) mass is 201 g/mol. The summed E-state index contributed by atoms with van der Waals surface area (Å²) in [5, 5.41) is 3.02. The van der Waals surface area contributed by atoms with Crippen LogP contribution in [0.4, 0.5) is 0 Å². The average Bonchev–Trinajstić information content (AvgIpc) is 1.87. The van der Waals surface area contributed by atoms with Crippen LogP contribution in [0.3, 0.4) is 0 Å². The molecule has 0 saturated carbocycles. The first kappa shape index (κ1) is 10.9. The van der Waals surface area contributed by atoms with Crippen LogP contribution in [0.1, 0.15) is 20.3 Å². The zero-order valence-corrected chi connectivity index (χ0v) is 8.89. The summed E-state index contributed by atoms with van der Waals surface area (Å²) in [6, 6.07) is 0.336. The topological polar surface area (TPSA) is 21.3 Å². The second-order valence-corrected chi connectivity index (χ2v) is 7.26. The molecule has 0 aliphatic rings. The molecule has 10 heavy (non-hydrogen) atoms. The third-order valence-corrected chi connectivity index (χ3v) is 3.91. The van der Waals surface area contributed by atoms with Crippen molar-refractivity contribution in [1.29, 1.82) is 0 Å². The smallest absolute Gasteiger partial charge is 0.219 e. The SMILES string of the molecule is CCC(C)NP(=S)(Cl)OC. The lowest BCUT2D eigenvalue weighted by molar-refractivity contribution is 0.452. The molecule has 2 atom stereocenters. The summed E-state index contributed by atoms with van der Waals surface area (Å²) < 4.78 is 4.89. The summed E-state index contributed by atoms with van der Waals surface area (Å²) in [7, 11) is 1.53. The first-order valence-electron chi connectivity index (χ1n) is 3.15. The van der Waals surface area contributed by atoms with Gasteiger partial charge in [-0.05, 0) is 36.4 Å². The Balaban J connectivity index is 3.77. The molecule has 5 heteroatoms. The standard InChI is InChI=1S/C5H13ClNOPS/c1-4-5(2)7-9(6,10)8-3/h5H,4H2,1-3H3,(H,7,10). The molecule has 2 nitrogen and oxygen atoms in total. The third-order valence-electron chi connectivity index (χ3n) is 1.22. The molecule has 0 spiro atoms. The van der Waals surface area contributed by atoms with Gasteiger partial charge in [-0.1, -0.05) is 6.92 Å². The largest absolute Gasteiger partial charge is 0.330 e. The van der Waals surface area contributed by atoms with Crippen molar-refractivity contribution in [1.82, 2.24) is 5.09 Å². The Morgan fingerprint density at radius 3 is 2.60 bits per heavy atom. The molecular weight excluding hydrogens is 189 g/mol. The van der Waals surface area contributed by atoms with E-state index in [0.29, 0.717) is 6.04 Å². The van der Waals surface area contributed by atoms with Gasteiger partial charge in [-0.15, -0.1) is 0 Å². The minimum Gasteiger partial charge on any atom is -0.330 e. The van der Waals surface area contributed by atoms with Gasteiger partial charge in [-0.3, -0.25) is 5.09 Å². The van der Waals surface area contributed by atoms with E-state index in [2.05, 4.69) is 12.0 Å². The fraction of sp³-hybridized carbons (Fsp3) is 1.00. The molecule has 0 fully saturated rings. The number of hydrogen-bond acceptors (Lipinski definition) is 2. The maximum absolute atomic E-state index is 5.79. The molecule has 0 amide bonds. The molecular formula is C5H13ClNOPS. The quantitative estimate of drug-likeness (QED) is 0.707. The summed E-state index contributed by atoms with van der Waals surface area (Å²) in [6.45, 7) is 4.10. The van der Waals surface area contributed by atoms with E-state index in [4.69, 9.17) is 27.6 Å². The van der Waals surface area contributed by atoms with Crippen molar-refractivity contribution in [3.63, 3.8) is 0 Å². The van der Waals surface area contributed by atoms with E-state index in [0.717, 1.165) is 6.42 Å². The lowest BCUT2D eigenvalue weighted by Crippen LogP contribution is -2.20. The second-order valence-electron chi connectivity index (χ2n) is 2.10. The van der Waals surface area contributed by atoms with Gasteiger partial charge < -0.3 is 4.52 Å². The van der Waals surface area contributed by atoms with Crippen LogP contribution in [0.2, 0.25) is 0 Å². The van der Waals surface area contributed by atoms with E-state index < -0.39 is 5.77 Å². The van der Waals surface area contributed by atoms with Crippen LogP contribution in [0.15, 0.2) is 0 Å². The van der Waals surface area contributed by atoms with Gasteiger partial charge in [0.05, 0.1) is 0 Å². The van der Waals surface area contributed by atoms with Crippen LogP contribution in [0, 0.1) is 0 Å². The van der Waals surface area contributed by atoms with Gasteiger partial charge >= 0.3 is 0 Å². The molecule has 2 unspecified atom stereocenters. The van der Waals surface area contributed by atoms with Crippen LogP contribution in [-0.2, 0) is 16.3 Å². The summed E-state index contributed by atoms with van der Waals surface area (Å²) >= 11 is 10.7. The highest BCUT2D eigenvalue weighted by atomic mass is 35.7. The van der Waals surface area contributed by atoms with Gasteiger partial charge in [-0.25, -0.2) is 0 Å². The normalized spacial score (nSPS) is 20.0. The lowest BCUT2D eigenvalue weighted by Gasteiger charge is -2.17. The van der Waals surface area contributed by atoms with Crippen molar-refractivity contribution in [3.05, 3.63) is 0 Å². The lowest BCUT2D eigenvalue weighted by atomic mass is 10.3. The van der Waals surface area contributed by atoms with Gasteiger partial charge in [0.15, 0.2) is 0 Å². The zero-order chi connectivity index (χ0) is 8.20. The van der Waals surface area contributed by atoms with Gasteiger partial charge in [-0.2, -0.15) is 0 Å². The summed E-state index contributed by atoms with van der Waals surface area (Å²) in [5.74, 6) is -2.19. The van der Waals surface area contributed by atoms with Crippen molar-refractivity contribution < 1.29 is 4.52 Å². The second kappa shape index (κ2) is 4.68. The fourth-order valence-corrected chi connectivity index (χ4v) is 2.26. The molecule has 0 bridgehead atoms. The van der Waals surface area contributed by atoms with Crippen molar-refractivity contribution in [2.45, 2.75) is 26.3 Å². The van der Waals surface area contributed by atoms with Crippen molar-refractivity contribution >= 4 is 28.8 Å². The van der Waals surface area contributed by atoms with E-state index in [-0.39, 0.29) is 0 Å². The van der Waals surface area contributed by atoms with Gasteiger partial charge in [0.1, 0.15) is 0 Å². The van der Waals surface area contributed by atoms with Crippen molar-refractivity contribution in [3.8, 4) is 0 Å². The Bertz CT molecular complexity index is 144. The maximum atomic E-state index is 5.79. The van der Waals surface area contributed by atoms with Gasteiger partial charge in [0.25, 0.3) is 0 Å². The number of rotatable bonds is 4. The Morgan fingerprint density at radius 1 is 1.80 bits per heavy atom. The molecule has 0 heterocycles. The predicted octanol–water partition coefficient (Wildman–Crippen LogP) is 2.48. The summed E-state index contributed by atoms with van der Waals surface area (Å²) in [4.78, 5) is 0. The predicted molar refractivity (Wildman–Crippen MR) is 50.0 cm³/mol. The third kappa shape index (κ3) is 4.64. The number of nitrogens with one attached hydrogen (secondary N) is 1. The molecule has 0 aromatic rings. The minimum atomic E-state index is -2.19. The van der Waals surface area contributed by atoms with E-state index in [1.54, 1.807) is 0 Å². The van der Waals surface area contributed by atoms with Crippen LogP contribution >= 0.6 is 17.0 Å². The zero-order valence-electron chi connectivity index (χ0n) is 6.43. The fourth-order valence-electron chi connectivity index (χ4n) is 0.407. The molecule has 0 aliphatic heterocycles. The van der Waals surface area contributed by atoms with Crippen LogP contribution in [0.5, 0.6) is 0 Å². The van der Waals surface area contributed by atoms with E-state index >= 15 is 0 Å². The van der Waals surface area contributed by atoms with Crippen molar-refractivity contribution in [2.75, 3.05) is 7.11 Å². The molecule has 0 aromatic carbocycles. The average molecular weight is 202 g/mol. The van der Waals surface area contributed by atoms with Crippen molar-refractivity contribution in [2.24, 2.45) is 0 Å². The first-order valence-corrected chi connectivity index (χ1v) is 6.77. The minimum absolute atomic E-state index is 0.336. The Kier molecular flexibility index (Phi) is 5.08. The Morgan fingerprint density at radius 2 is 2.30 bits per heavy atom. The molecule has 62 valence electrons. The maximum Gasteiger partial charge on any atom is 0.219 e. The molecule has 0 radical (unpaired) electrons. The highest BCUT2D eigenvalue weighted by Gasteiger charge is 2.13. The molecule has 1 N–H and O–H groups in total. The highest BCUT2D eigenvalue weighted by molar-refractivity contribution is 8.23. The Labute approximate surface area is 72.2 Å². The molecule has 0 aromatic heterocycles. The van der Waals surface area contributed by atoms with E-state index in [1.165, 1.54) is 7.11 Å². The van der Waals surface area contributed by atoms with E-state index in [9.17, 15) is 0 Å².